The summed E-state index contributed by atoms with van der Waals surface area (Å²) in [7, 11) is 0. The van der Waals surface area contributed by atoms with E-state index < -0.39 is 6.04 Å². The molecule has 3 rings (SSSR count). The molecule has 1 aromatic carbocycles. The molecule has 0 spiro atoms. The van der Waals surface area contributed by atoms with Gasteiger partial charge in [-0.15, -0.1) is 0 Å². The number of aromatic nitrogens is 4. The average Bonchev–Trinajstić information content (AvgIpc) is 3.24. The maximum atomic E-state index is 12.3. The summed E-state index contributed by atoms with van der Waals surface area (Å²) in [4.78, 5) is 12.3. The first-order chi connectivity index (χ1) is 11.2. The van der Waals surface area contributed by atoms with Crippen LogP contribution in [0.15, 0.2) is 55.0 Å². The van der Waals surface area contributed by atoms with Crippen LogP contribution in [0.5, 0.6) is 0 Å². The highest BCUT2D eigenvalue weighted by Crippen LogP contribution is 2.20. The third-order valence-electron chi connectivity index (χ3n) is 3.70. The molecule has 1 amide bonds. The lowest BCUT2D eigenvalue weighted by Crippen LogP contribution is -2.24. The topological polar surface area (TPSA) is 64.7 Å². The second-order valence-electron chi connectivity index (χ2n) is 5.30. The zero-order chi connectivity index (χ0) is 16.2. The predicted octanol–water partition coefficient (Wildman–Crippen LogP) is 2.97. The van der Waals surface area contributed by atoms with Crippen molar-refractivity contribution >= 4 is 11.7 Å². The second kappa shape index (κ2) is 6.48. The highest BCUT2D eigenvalue weighted by molar-refractivity contribution is 5.92. The zero-order valence-corrected chi connectivity index (χ0v) is 13.2. The summed E-state index contributed by atoms with van der Waals surface area (Å²) in [6, 6.07) is 11.3. The molecule has 1 N–H and O–H groups in total. The van der Waals surface area contributed by atoms with Crippen molar-refractivity contribution in [2.45, 2.75) is 26.4 Å². The van der Waals surface area contributed by atoms with E-state index in [-0.39, 0.29) is 5.91 Å². The van der Waals surface area contributed by atoms with E-state index in [2.05, 4.69) is 15.5 Å². The number of nitrogens with one attached hydrogen (secondary N) is 1. The van der Waals surface area contributed by atoms with Crippen LogP contribution in [0.1, 0.15) is 19.9 Å². The first-order valence-corrected chi connectivity index (χ1v) is 7.61. The zero-order valence-electron chi connectivity index (χ0n) is 13.2. The Morgan fingerprint density at radius 2 is 2.00 bits per heavy atom. The van der Waals surface area contributed by atoms with Gasteiger partial charge in [0.25, 0.3) is 0 Å². The number of rotatable bonds is 5. The van der Waals surface area contributed by atoms with E-state index in [1.165, 1.54) is 0 Å². The predicted molar refractivity (Wildman–Crippen MR) is 88.9 cm³/mol. The van der Waals surface area contributed by atoms with Crippen molar-refractivity contribution in [3.8, 4) is 11.1 Å². The Morgan fingerprint density at radius 3 is 2.70 bits per heavy atom. The van der Waals surface area contributed by atoms with Crippen molar-refractivity contribution in [1.29, 1.82) is 0 Å². The Morgan fingerprint density at radius 1 is 1.22 bits per heavy atom. The fourth-order valence-electron chi connectivity index (χ4n) is 2.28. The number of carbonyl (C=O) groups is 1. The largest absolute Gasteiger partial charge is 0.307 e. The second-order valence-corrected chi connectivity index (χ2v) is 5.30. The molecule has 0 aliphatic heterocycles. The van der Waals surface area contributed by atoms with Crippen LogP contribution in [-0.4, -0.2) is 25.5 Å². The van der Waals surface area contributed by atoms with Crippen molar-refractivity contribution in [2.75, 3.05) is 5.32 Å². The number of hydrogen-bond donors (Lipinski definition) is 1. The van der Waals surface area contributed by atoms with Gasteiger partial charge in [-0.05, 0) is 19.4 Å². The van der Waals surface area contributed by atoms with Gasteiger partial charge in [-0.2, -0.15) is 10.2 Å². The van der Waals surface area contributed by atoms with Crippen LogP contribution in [0.3, 0.4) is 0 Å². The standard InChI is InChI=1S/C17H19N5O/c1-3-21-10-9-16(20-21)19-17(23)13(2)22-12-15(11-18-22)14-7-5-4-6-8-14/h4-13H,3H2,1-2H3,(H,19,20,23). The Labute approximate surface area is 134 Å². The molecule has 2 heterocycles. The molecule has 0 fully saturated rings. The Balaban J connectivity index is 1.71. The molecule has 0 saturated heterocycles. The van der Waals surface area contributed by atoms with Crippen LogP contribution < -0.4 is 5.32 Å². The maximum absolute atomic E-state index is 12.3. The van der Waals surface area contributed by atoms with Gasteiger partial charge in [0, 0.05) is 30.6 Å². The van der Waals surface area contributed by atoms with Crippen LogP contribution in [0.25, 0.3) is 11.1 Å². The lowest BCUT2D eigenvalue weighted by molar-refractivity contribution is -0.119. The molecular weight excluding hydrogens is 290 g/mol. The van der Waals surface area contributed by atoms with Gasteiger partial charge in [0.15, 0.2) is 5.82 Å². The number of aryl methyl sites for hydroxylation is 1. The summed E-state index contributed by atoms with van der Waals surface area (Å²) in [6.45, 7) is 4.58. The van der Waals surface area contributed by atoms with Crippen molar-refractivity contribution in [2.24, 2.45) is 0 Å². The number of anilines is 1. The number of benzene rings is 1. The normalized spacial score (nSPS) is 12.1. The molecule has 0 bridgehead atoms. The quantitative estimate of drug-likeness (QED) is 0.788. The molecule has 6 heteroatoms. The smallest absolute Gasteiger partial charge is 0.250 e. The van der Waals surface area contributed by atoms with E-state index in [0.29, 0.717) is 5.82 Å². The van der Waals surface area contributed by atoms with Crippen molar-refractivity contribution in [3.05, 3.63) is 55.0 Å². The molecule has 2 aromatic heterocycles. The van der Waals surface area contributed by atoms with Crippen LogP contribution in [0.2, 0.25) is 0 Å². The molecule has 0 radical (unpaired) electrons. The monoisotopic (exact) mass is 309 g/mol. The third kappa shape index (κ3) is 3.31. The number of nitrogens with zero attached hydrogens (tertiary/aromatic N) is 4. The number of amides is 1. The molecule has 1 unspecified atom stereocenters. The van der Waals surface area contributed by atoms with Crippen molar-refractivity contribution in [3.63, 3.8) is 0 Å². The molecular formula is C17H19N5O. The molecule has 3 aromatic rings. The van der Waals surface area contributed by atoms with E-state index in [1.54, 1.807) is 21.6 Å². The van der Waals surface area contributed by atoms with E-state index in [9.17, 15) is 4.79 Å². The molecule has 0 saturated carbocycles. The first-order valence-electron chi connectivity index (χ1n) is 7.61. The third-order valence-corrected chi connectivity index (χ3v) is 3.70. The summed E-state index contributed by atoms with van der Waals surface area (Å²) in [5.41, 5.74) is 2.06. The molecule has 0 aliphatic carbocycles. The van der Waals surface area contributed by atoms with Gasteiger partial charge in [-0.3, -0.25) is 14.2 Å². The van der Waals surface area contributed by atoms with E-state index in [1.807, 2.05) is 56.6 Å². The fraction of sp³-hybridized carbons (Fsp3) is 0.235. The molecule has 118 valence electrons. The molecule has 23 heavy (non-hydrogen) atoms. The van der Waals surface area contributed by atoms with Crippen molar-refractivity contribution < 1.29 is 4.79 Å². The SMILES string of the molecule is CCn1ccc(NC(=O)C(C)n2cc(-c3ccccc3)cn2)n1. The number of hydrogen-bond acceptors (Lipinski definition) is 3. The Kier molecular flexibility index (Phi) is 4.23. The summed E-state index contributed by atoms with van der Waals surface area (Å²) < 4.78 is 3.43. The highest BCUT2D eigenvalue weighted by atomic mass is 16.2. The van der Waals surface area contributed by atoms with Crippen LogP contribution in [-0.2, 0) is 11.3 Å². The first kappa shape index (κ1) is 15.0. The van der Waals surface area contributed by atoms with Gasteiger partial charge in [-0.1, -0.05) is 30.3 Å². The van der Waals surface area contributed by atoms with E-state index in [0.717, 1.165) is 17.7 Å². The summed E-state index contributed by atoms with van der Waals surface area (Å²) in [6.07, 6.45) is 5.48. The summed E-state index contributed by atoms with van der Waals surface area (Å²) in [5, 5.41) is 11.4. The molecule has 0 aliphatic rings. The summed E-state index contributed by atoms with van der Waals surface area (Å²) in [5.74, 6) is 0.410. The van der Waals surface area contributed by atoms with E-state index in [4.69, 9.17) is 0 Å². The Hall–Kier alpha value is -2.89. The average molecular weight is 309 g/mol. The minimum Gasteiger partial charge on any atom is -0.307 e. The fourth-order valence-corrected chi connectivity index (χ4v) is 2.28. The molecule has 1 atom stereocenters. The minimum atomic E-state index is -0.417. The van der Waals surface area contributed by atoms with Gasteiger partial charge in [0.1, 0.15) is 6.04 Å². The van der Waals surface area contributed by atoms with Gasteiger partial charge < -0.3 is 5.32 Å². The minimum absolute atomic E-state index is 0.144. The lowest BCUT2D eigenvalue weighted by Gasteiger charge is -2.11. The van der Waals surface area contributed by atoms with Gasteiger partial charge in [0.2, 0.25) is 5.91 Å². The van der Waals surface area contributed by atoms with E-state index >= 15 is 0 Å². The number of carbonyl (C=O) groups excluding carboxylic acids is 1. The summed E-state index contributed by atoms with van der Waals surface area (Å²) >= 11 is 0. The van der Waals surface area contributed by atoms with Crippen LogP contribution >= 0.6 is 0 Å². The van der Waals surface area contributed by atoms with Gasteiger partial charge in [0.05, 0.1) is 6.20 Å². The van der Waals surface area contributed by atoms with Crippen molar-refractivity contribution in [1.82, 2.24) is 19.6 Å². The maximum Gasteiger partial charge on any atom is 0.250 e. The highest BCUT2D eigenvalue weighted by Gasteiger charge is 2.17. The molecule has 6 nitrogen and oxygen atoms in total. The van der Waals surface area contributed by atoms with Crippen LogP contribution in [0, 0.1) is 0 Å². The van der Waals surface area contributed by atoms with Crippen LogP contribution in [0.4, 0.5) is 5.82 Å². The Bertz CT molecular complexity index is 790. The van der Waals surface area contributed by atoms with Gasteiger partial charge in [-0.25, -0.2) is 0 Å². The lowest BCUT2D eigenvalue weighted by atomic mass is 10.1. The van der Waals surface area contributed by atoms with Gasteiger partial charge >= 0.3 is 0 Å².